The maximum Gasteiger partial charge on any atom is 0.227 e. The van der Waals surface area contributed by atoms with Crippen molar-refractivity contribution in [2.45, 2.75) is 0 Å². The molecule has 0 saturated carbocycles. The standard InChI is InChI=1S/C48H26N4O3/c1-3-11-28(12-4-1)45-50-46(52-47(51-45)34-17-10-19-37-40(34)32-15-7-8-18-36(32)53-37)29-23-21-27(22-24-29)31-25-35-42-39(26-31)54-38-20-9-16-33(41(38)42)43-44(35)55-48(49-43)30-13-5-2-6-14-30/h1-26H. The SMILES string of the molecule is c1ccc(-c2nc(-c3ccc(-c4cc5oc6cccc7c8nc(-c9ccccc9)oc8c(c4)c5c67)cc3)nc(-c3cccc4oc5ccccc5c34)n2)cc1. The lowest BCUT2D eigenvalue weighted by atomic mass is 9.96. The molecule has 0 atom stereocenters. The second-order valence-electron chi connectivity index (χ2n) is 13.8. The monoisotopic (exact) mass is 706 g/mol. The molecule has 7 nitrogen and oxygen atoms in total. The third kappa shape index (κ3) is 4.57. The Balaban J connectivity index is 1.01. The molecule has 4 heterocycles. The van der Waals surface area contributed by atoms with Gasteiger partial charge in [-0.2, -0.15) is 0 Å². The van der Waals surface area contributed by atoms with E-state index in [1.807, 2.05) is 109 Å². The highest BCUT2D eigenvalue weighted by molar-refractivity contribution is 6.32. The summed E-state index contributed by atoms with van der Waals surface area (Å²) in [5, 5.41) is 6.09. The molecule has 55 heavy (non-hydrogen) atoms. The molecule has 0 saturated heterocycles. The Morgan fingerprint density at radius 3 is 1.71 bits per heavy atom. The summed E-state index contributed by atoms with van der Waals surface area (Å²) in [6.45, 7) is 0. The van der Waals surface area contributed by atoms with Gasteiger partial charge in [-0.3, -0.25) is 0 Å². The summed E-state index contributed by atoms with van der Waals surface area (Å²) in [6.07, 6.45) is 0. The third-order valence-corrected chi connectivity index (χ3v) is 10.5. The maximum absolute atomic E-state index is 6.57. The Labute approximate surface area is 312 Å². The van der Waals surface area contributed by atoms with Crippen LogP contribution in [0.5, 0.6) is 0 Å². The van der Waals surface area contributed by atoms with Crippen molar-refractivity contribution in [2.24, 2.45) is 0 Å². The van der Waals surface area contributed by atoms with Gasteiger partial charge >= 0.3 is 0 Å². The fraction of sp³-hybridized carbons (Fsp3) is 0. The van der Waals surface area contributed by atoms with Gasteiger partial charge in [0.05, 0.1) is 0 Å². The van der Waals surface area contributed by atoms with Gasteiger partial charge in [0.1, 0.15) is 27.8 Å². The van der Waals surface area contributed by atoms with Crippen LogP contribution in [0.4, 0.5) is 0 Å². The van der Waals surface area contributed by atoms with Crippen LogP contribution in [0.15, 0.2) is 171 Å². The zero-order valence-corrected chi connectivity index (χ0v) is 29.0. The summed E-state index contributed by atoms with van der Waals surface area (Å²) < 4.78 is 19.3. The quantitative estimate of drug-likeness (QED) is 0.165. The number of benzene rings is 8. The van der Waals surface area contributed by atoms with Crippen LogP contribution in [-0.4, -0.2) is 19.9 Å². The third-order valence-electron chi connectivity index (χ3n) is 10.5. The summed E-state index contributed by atoms with van der Waals surface area (Å²) in [6, 6.07) is 52.9. The van der Waals surface area contributed by atoms with Gasteiger partial charge in [-0.15, -0.1) is 0 Å². The maximum atomic E-state index is 6.57. The molecule has 0 aliphatic heterocycles. The number of para-hydroxylation sites is 1. The fourth-order valence-corrected chi connectivity index (χ4v) is 7.99. The van der Waals surface area contributed by atoms with Crippen molar-refractivity contribution in [1.82, 2.24) is 19.9 Å². The van der Waals surface area contributed by atoms with Crippen LogP contribution < -0.4 is 0 Å². The highest BCUT2D eigenvalue weighted by atomic mass is 16.4. The van der Waals surface area contributed by atoms with Crippen LogP contribution in [0.25, 0.3) is 122 Å². The molecule has 0 N–H and O–H groups in total. The first-order chi connectivity index (χ1) is 27.2. The van der Waals surface area contributed by atoms with Crippen molar-refractivity contribution >= 4 is 65.7 Å². The molecule has 0 fully saturated rings. The summed E-state index contributed by atoms with van der Waals surface area (Å²) in [7, 11) is 0. The summed E-state index contributed by atoms with van der Waals surface area (Å²) >= 11 is 0. The predicted octanol–water partition coefficient (Wildman–Crippen LogP) is 12.7. The molecular weight excluding hydrogens is 681 g/mol. The number of hydrogen-bond acceptors (Lipinski definition) is 7. The molecule has 0 unspecified atom stereocenters. The van der Waals surface area contributed by atoms with Crippen molar-refractivity contribution in [3.63, 3.8) is 0 Å². The minimum Gasteiger partial charge on any atom is -0.456 e. The van der Waals surface area contributed by atoms with Crippen molar-refractivity contribution < 1.29 is 13.3 Å². The van der Waals surface area contributed by atoms with E-state index < -0.39 is 0 Å². The molecule has 0 aliphatic carbocycles. The number of fused-ring (bicyclic) bond motifs is 6. The molecule has 8 aromatic carbocycles. The van der Waals surface area contributed by atoms with Gasteiger partial charge in [0.25, 0.3) is 0 Å². The van der Waals surface area contributed by atoms with Gasteiger partial charge in [-0.1, -0.05) is 115 Å². The van der Waals surface area contributed by atoms with E-state index >= 15 is 0 Å². The molecule has 4 aromatic heterocycles. The van der Waals surface area contributed by atoms with Crippen molar-refractivity contribution in [3.05, 3.63) is 158 Å². The molecule has 0 bridgehead atoms. The summed E-state index contributed by atoms with van der Waals surface area (Å²) in [5.74, 6) is 2.35. The average Bonchev–Trinajstić information content (AvgIpc) is 3.98. The normalized spacial score (nSPS) is 12.0. The first kappa shape index (κ1) is 29.9. The minimum atomic E-state index is 0.579. The molecule has 256 valence electrons. The van der Waals surface area contributed by atoms with E-state index in [2.05, 4.69) is 48.5 Å². The van der Waals surface area contributed by atoms with Crippen molar-refractivity contribution in [2.75, 3.05) is 0 Å². The second-order valence-corrected chi connectivity index (χ2v) is 13.8. The van der Waals surface area contributed by atoms with Crippen LogP contribution in [0.2, 0.25) is 0 Å². The predicted molar refractivity (Wildman–Crippen MR) is 218 cm³/mol. The number of rotatable bonds is 5. The van der Waals surface area contributed by atoms with Crippen molar-refractivity contribution in [1.29, 1.82) is 0 Å². The van der Waals surface area contributed by atoms with Gasteiger partial charge < -0.3 is 13.3 Å². The zero-order valence-electron chi connectivity index (χ0n) is 29.0. The molecule has 0 aliphatic rings. The topological polar surface area (TPSA) is 91.0 Å². The van der Waals surface area contributed by atoms with E-state index in [0.717, 1.165) is 99.1 Å². The van der Waals surface area contributed by atoms with Crippen LogP contribution in [-0.2, 0) is 0 Å². The van der Waals surface area contributed by atoms with Crippen LogP contribution in [0.1, 0.15) is 0 Å². The van der Waals surface area contributed by atoms with Gasteiger partial charge in [0.2, 0.25) is 5.89 Å². The Kier molecular flexibility index (Phi) is 6.21. The van der Waals surface area contributed by atoms with Gasteiger partial charge in [0, 0.05) is 54.6 Å². The number of furan rings is 2. The van der Waals surface area contributed by atoms with Crippen molar-refractivity contribution in [3.8, 4) is 56.7 Å². The number of oxazole rings is 1. The Bertz CT molecular complexity index is 3420. The molecule has 12 aromatic rings. The minimum absolute atomic E-state index is 0.579. The number of nitrogens with zero attached hydrogens (tertiary/aromatic N) is 4. The fourth-order valence-electron chi connectivity index (χ4n) is 7.99. The first-order valence-corrected chi connectivity index (χ1v) is 18.1. The van der Waals surface area contributed by atoms with Crippen LogP contribution in [0, 0.1) is 0 Å². The number of hydrogen-bond donors (Lipinski definition) is 0. The van der Waals surface area contributed by atoms with E-state index in [1.54, 1.807) is 0 Å². The molecule has 12 rings (SSSR count). The van der Waals surface area contributed by atoms with Crippen LogP contribution in [0.3, 0.4) is 0 Å². The highest BCUT2D eigenvalue weighted by Crippen LogP contribution is 2.45. The summed E-state index contributed by atoms with van der Waals surface area (Å²) in [4.78, 5) is 20.1. The lowest BCUT2D eigenvalue weighted by Crippen LogP contribution is -2.00. The Morgan fingerprint density at radius 2 is 0.909 bits per heavy atom. The van der Waals surface area contributed by atoms with E-state index in [4.69, 9.17) is 33.2 Å². The Morgan fingerprint density at radius 1 is 0.327 bits per heavy atom. The zero-order chi connectivity index (χ0) is 36.0. The largest absolute Gasteiger partial charge is 0.456 e. The molecule has 0 radical (unpaired) electrons. The lowest BCUT2D eigenvalue weighted by Gasteiger charge is -2.10. The van der Waals surface area contributed by atoms with Gasteiger partial charge in [-0.05, 0) is 53.6 Å². The van der Waals surface area contributed by atoms with E-state index in [1.165, 1.54) is 0 Å². The number of aromatic nitrogens is 4. The highest BCUT2D eigenvalue weighted by Gasteiger charge is 2.23. The van der Waals surface area contributed by atoms with E-state index in [-0.39, 0.29) is 0 Å². The van der Waals surface area contributed by atoms with Crippen LogP contribution >= 0.6 is 0 Å². The smallest absolute Gasteiger partial charge is 0.227 e. The average molecular weight is 707 g/mol. The molecule has 7 heteroatoms. The summed E-state index contributed by atoms with van der Waals surface area (Å²) in [5.41, 5.74) is 10.4. The first-order valence-electron chi connectivity index (χ1n) is 18.1. The van der Waals surface area contributed by atoms with Gasteiger partial charge in [0.15, 0.2) is 23.1 Å². The molecule has 0 spiro atoms. The second kappa shape index (κ2) is 11.4. The van der Waals surface area contributed by atoms with E-state index in [0.29, 0.717) is 23.4 Å². The lowest BCUT2D eigenvalue weighted by molar-refractivity contribution is 0.623. The van der Waals surface area contributed by atoms with Gasteiger partial charge in [-0.25, -0.2) is 19.9 Å². The molecular formula is C48H26N4O3. The Hall–Kier alpha value is -7.64. The molecule has 0 amide bonds. The van der Waals surface area contributed by atoms with E-state index in [9.17, 15) is 0 Å².